The number of allylic oxidation sites excluding steroid dienone is 19. The molecule has 0 aliphatic carbocycles. The Labute approximate surface area is 499 Å². The minimum Gasteiger partial charge on any atom is -0.456 e. The van der Waals surface area contributed by atoms with Crippen LogP contribution in [0.3, 0.4) is 0 Å². The fourth-order valence-corrected chi connectivity index (χ4v) is 9.57. The zero-order valence-corrected chi connectivity index (χ0v) is 53.9. The van der Waals surface area contributed by atoms with E-state index in [1.807, 2.05) is 33.3 Å². The Hall–Kier alpha value is -3.59. The van der Waals surface area contributed by atoms with E-state index in [9.17, 15) is 19.0 Å². The lowest BCUT2D eigenvalue weighted by Gasteiger charge is -2.27. The molecule has 0 aromatic carbocycles. The topological polar surface area (TPSA) is 111 Å². The van der Waals surface area contributed by atoms with Crippen molar-refractivity contribution in [2.24, 2.45) is 0 Å². The number of carbonyl (C=O) groups excluding carboxylic acids is 2. The quantitative estimate of drug-likeness (QED) is 0.0205. The van der Waals surface area contributed by atoms with Crippen molar-refractivity contribution in [3.8, 4) is 0 Å². The second kappa shape index (κ2) is 59.6. The second-order valence-electron chi connectivity index (χ2n) is 22.9. The molecular weight excluding hydrogens is 1020 g/mol. The van der Waals surface area contributed by atoms with E-state index in [4.69, 9.17) is 13.8 Å². The summed E-state index contributed by atoms with van der Waals surface area (Å²) in [5.41, 5.74) is 0. The Balaban J connectivity index is 5.23. The Morgan fingerprint density at radius 2 is 0.790 bits per heavy atom. The molecule has 464 valence electrons. The van der Waals surface area contributed by atoms with Gasteiger partial charge in [0, 0.05) is 12.8 Å². The number of nitrogens with zero attached hydrogens (tertiary/aromatic N) is 1. The highest BCUT2D eigenvalue weighted by Gasteiger charge is 2.30. The molecule has 2 N–H and O–H groups in total. The lowest BCUT2D eigenvalue weighted by molar-refractivity contribution is -0.870. The van der Waals surface area contributed by atoms with Gasteiger partial charge in [0.1, 0.15) is 19.3 Å². The van der Waals surface area contributed by atoms with Gasteiger partial charge in [0.25, 0.3) is 0 Å². The molecule has 0 saturated carbocycles. The van der Waals surface area contributed by atoms with Crippen molar-refractivity contribution in [1.29, 1.82) is 0 Å². The maximum absolute atomic E-state index is 13.6. The number of esters is 1. The molecule has 0 radical (unpaired) electrons. The fourth-order valence-electron chi connectivity index (χ4n) is 8.83. The number of hydrogen-bond donors (Lipinski definition) is 2. The Kier molecular flexibility index (Phi) is 56.9. The summed E-state index contributed by atoms with van der Waals surface area (Å²) in [4.78, 5) is 37.8. The smallest absolute Gasteiger partial charge is 0.456 e. The molecule has 0 aromatic heterocycles. The third-order valence-electron chi connectivity index (χ3n) is 13.9. The number of ether oxygens (including phenoxy) is 1. The predicted molar refractivity (Wildman–Crippen MR) is 350 cm³/mol. The van der Waals surface area contributed by atoms with Crippen LogP contribution in [-0.4, -0.2) is 74.3 Å². The number of likely N-dealkylation sites (N-methyl/N-ethyl adjacent to an activating group) is 1. The first-order valence-corrected chi connectivity index (χ1v) is 34.4. The van der Waals surface area contributed by atoms with Crippen LogP contribution in [0.25, 0.3) is 0 Å². The van der Waals surface area contributed by atoms with Gasteiger partial charge in [0.15, 0.2) is 0 Å². The van der Waals surface area contributed by atoms with E-state index >= 15 is 0 Å². The van der Waals surface area contributed by atoms with Gasteiger partial charge in [-0.15, -0.1) is 0 Å². The largest absolute Gasteiger partial charge is 0.472 e. The third kappa shape index (κ3) is 60.8. The van der Waals surface area contributed by atoms with Crippen molar-refractivity contribution in [3.05, 3.63) is 122 Å². The van der Waals surface area contributed by atoms with Crippen molar-refractivity contribution >= 4 is 19.7 Å². The number of quaternary nitrogens is 1. The molecule has 0 aliphatic rings. The number of unbranched alkanes of at least 4 members (excludes halogenated alkanes) is 24. The summed E-state index contributed by atoms with van der Waals surface area (Å²) >= 11 is 0. The van der Waals surface area contributed by atoms with Gasteiger partial charge in [0.05, 0.1) is 33.8 Å². The van der Waals surface area contributed by atoms with E-state index in [0.717, 1.165) is 128 Å². The summed E-state index contributed by atoms with van der Waals surface area (Å²) in [6, 6.07) is -0.874. The number of rotatable bonds is 58. The molecule has 0 spiro atoms. The van der Waals surface area contributed by atoms with Gasteiger partial charge in [-0.3, -0.25) is 18.6 Å². The fraction of sp³-hybridized carbons (Fsp3) is 0.690. The van der Waals surface area contributed by atoms with Crippen LogP contribution >= 0.6 is 7.82 Å². The van der Waals surface area contributed by atoms with Gasteiger partial charge < -0.3 is 19.4 Å². The maximum atomic E-state index is 13.6. The van der Waals surface area contributed by atoms with E-state index < -0.39 is 20.0 Å². The minimum atomic E-state index is -4.47. The standard InChI is InChI=1S/C71H123N2O7P/c1-7-10-13-16-19-22-25-27-29-31-33-35-36-38-39-41-43-45-48-51-54-57-60-63-70(74)72-68(67-79-81(76,77)78-66-65-73(4,5)6)69(62-59-56-53-50-47-24-21-18-15-12-9-3)80-71(75)64-61-58-55-52-49-46-44-42-40-37-34-32-30-28-26-23-20-17-14-11-8-2/h10,13,19-20,22-23,27-30,33-35,37-39,43,45,59,62,68-69H,7-9,11-12,14-18,21,24-26,31-32,36,40-42,44,46-58,60-61,63-67H2,1-6H3,(H-,72,74,76,77)/p+1/b13-10-,22-19-,23-20-,29-27-,30-28-,35-33-,37-34-,39-38-,45-43-,62-59+. The van der Waals surface area contributed by atoms with Crippen LogP contribution in [0, 0.1) is 0 Å². The molecule has 0 fully saturated rings. The van der Waals surface area contributed by atoms with E-state index in [0.29, 0.717) is 23.9 Å². The van der Waals surface area contributed by atoms with Crippen molar-refractivity contribution in [3.63, 3.8) is 0 Å². The van der Waals surface area contributed by atoms with Crippen LogP contribution in [0.2, 0.25) is 0 Å². The van der Waals surface area contributed by atoms with Crippen LogP contribution < -0.4 is 5.32 Å². The van der Waals surface area contributed by atoms with Gasteiger partial charge in [-0.25, -0.2) is 4.57 Å². The van der Waals surface area contributed by atoms with Crippen molar-refractivity contribution < 1.29 is 37.3 Å². The highest BCUT2D eigenvalue weighted by Crippen LogP contribution is 2.43. The summed E-state index contributed by atoms with van der Waals surface area (Å²) in [5.74, 6) is -0.549. The number of amides is 1. The predicted octanol–water partition coefficient (Wildman–Crippen LogP) is 20.7. The number of hydrogen-bond acceptors (Lipinski definition) is 6. The minimum absolute atomic E-state index is 0.0271. The molecule has 1 amide bonds. The number of phosphoric acid groups is 1. The molecule has 3 atom stereocenters. The average molecular weight is 1150 g/mol. The van der Waals surface area contributed by atoms with E-state index in [1.165, 1.54) is 96.3 Å². The lowest BCUT2D eigenvalue weighted by Crippen LogP contribution is -2.47. The molecule has 0 saturated heterocycles. The first-order chi connectivity index (χ1) is 39.4. The van der Waals surface area contributed by atoms with Crippen molar-refractivity contribution in [2.45, 2.75) is 277 Å². The highest BCUT2D eigenvalue weighted by molar-refractivity contribution is 7.47. The van der Waals surface area contributed by atoms with E-state index in [-0.39, 0.29) is 31.5 Å². The monoisotopic (exact) mass is 1150 g/mol. The van der Waals surface area contributed by atoms with Gasteiger partial charge in [-0.1, -0.05) is 252 Å². The Morgan fingerprint density at radius 3 is 1.21 bits per heavy atom. The molecule has 10 heteroatoms. The van der Waals surface area contributed by atoms with E-state index in [1.54, 1.807) is 0 Å². The Bertz CT molecular complexity index is 1800. The third-order valence-corrected chi connectivity index (χ3v) is 14.9. The molecular formula is C71H124N2O7P+. The first kappa shape index (κ1) is 77.4. The molecule has 0 aromatic rings. The maximum Gasteiger partial charge on any atom is 0.472 e. The second-order valence-corrected chi connectivity index (χ2v) is 24.4. The summed E-state index contributed by atoms with van der Waals surface area (Å²) in [6.45, 7) is 6.83. The van der Waals surface area contributed by atoms with Gasteiger partial charge in [-0.2, -0.15) is 0 Å². The van der Waals surface area contributed by atoms with Gasteiger partial charge in [0.2, 0.25) is 5.91 Å². The normalized spacial score (nSPS) is 14.4. The van der Waals surface area contributed by atoms with Crippen LogP contribution in [0.15, 0.2) is 122 Å². The van der Waals surface area contributed by atoms with Crippen molar-refractivity contribution in [1.82, 2.24) is 5.32 Å². The molecule has 9 nitrogen and oxygen atoms in total. The number of phosphoric ester groups is 1. The van der Waals surface area contributed by atoms with Gasteiger partial charge >= 0.3 is 13.8 Å². The summed E-state index contributed by atoms with van der Waals surface area (Å²) in [5, 5.41) is 3.04. The zero-order chi connectivity index (χ0) is 59.3. The van der Waals surface area contributed by atoms with Gasteiger partial charge in [-0.05, 0) is 122 Å². The van der Waals surface area contributed by atoms with E-state index in [2.05, 4.69) is 135 Å². The Morgan fingerprint density at radius 1 is 0.444 bits per heavy atom. The highest BCUT2D eigenvalue weighted by atomic mass is 31.2. The molecule has 0 rings (SSSR count). The molecule has 0 aliphatic heterocycles. The molecule has 0 heterocycles. The summed E-state index contributed by atoms with van der Waals surface area (Å²) in [7, 11) is 1.46. The van der Waals surface area contributed by atoms with Crippen molar-refractivity contribution in [2.75, 3.05) is 40.9 Å². The SMILES string of the molecule is CC/C=C\C/C=C\C/C=C\C/C=C\C/C=C\C/C=C\CCCCCCC(=O)NC(COP(=O)(O)OCC[N+](C)(C)C)C(/C=C/CCCCCCCCCCC)OC(=O)CCCCCCCCCC/C=C\C/C=C\C/C=C\CCCCC. The van der Waals surface area contributed by atoms with Crippen LogP contribution in [0.1, 0.15) is 265 Å². The van der Waals surface area contributed by atoms with Crippen LogP contribution in [-0.2, 0) is 27.9 Å². The zero-order valence-electron chi connectivity index (χ0n) is 53.0. The lowest BCUT2D eigenvalue weighted by atomic mass is 10.1. The van der Waals surface area contributed by atoms with Crippen LogP contribution in [0.4, 0.5) is 0 Å². The summed E-state index contributed by atoms with van der Waals surface area (Å²) in [6.07, 6.45) is 83.4. The number of carbonyl (C=O) groups is 2. The first-order valence-electron chi connectivity index (χ1n) is 32.9. The van der Waals surface area contributed by atoms with Crippen LogP contribution in [0.5, 0.6) is 0 Å². The molecule has 81 heavy (non-hydrogen) atoms. The summed E-state index contributed by atoms with van der Waals surface area (Å²) < 4.78 is 30.7. The number of nitrogens with one attached hydrogen (secondary N) is 1. The molecule has 3 unspecified atom stereocenters. The molecule has 0 bridgehead atoms. The average Bonchev–Trinajstić information content (AvgIpc) is 3.43.